The Morgan fingerprint density at radius 1 is 1.42 bits per heavy atom. The molecule has 0 saturated heterocycles. The summed E-state index contributed by atoms with van der Waals surface area (Å²) in [6.45, 7) is 4.01. The molecule has 2 heteroatoms. The van der Waals surface area contributed by atoms with E-state index in [1.165, 1.54) is 5.56 Å². The van der Waals surface area contributed by atoms with Crippen molar-refractivity contribution in [2.24, 2.45) is 5.73 Å². The molecule has 1 atom stereocenters. The third-order valence-electron chi connectivity index (χ3n) is 1.96. The van der Waals surface area contributed by atoms with Gasteiger partial charge in [-0.25, -0.2) is 0 Å². The van der Waals surface area contributed by atoms with Crippen molar-refractivity contribution in [3.05, 3.63) is 29.3 Å². The Morgan fingerprint density at radius 2 is 2.08 bits per heavy atom. The molecule has 66 valence electrons. The lowest BCUT2D eigenvalue weighted by Gasteiger charge is -2.13. The van der Waals surface area contributed by atoms with Gasteiger partial charge in [-0.1, -0.05) is 12.1 Å². The molecule has 0 unspecified atom stereocenters. The second-order valence-electron chi connectivity index (χ2n) is 2.98. The minimum atomic E-state index is 0.0288. The van der Waals surface area contributed by atoms with Gasteiger partial charge >= 0.3 is 0 Å². The van der Waals surface area contributed by atoms with Crippen LogP contribution >= 0.6 is 0 Å². The quantitative estimate of drug-likeness (QED) is 0.727. The van der Waals surface area contributed by atoms with Crippen molar-refractivity contribution in [1.82, 2.24) is 0 Å². The molecule has 0 aromatic heterocycles. The van der Waals surface area contributed by atoms with Crippen LogP contribution in [0.3, 0.4) is 0 Å². The first-order valence-corrected chi connectivity index (χ1v) is 4.06. The van der Waals surface area contributed by atoms with E-state index in [-0.39, 0.29) is 6.04 Å². The van der Waals surface area contributed by atoms with E-state index in [1.807, 2.05) is 32.0 Å². The van der Waals surface area contributed by atoms with E-state index in [0.29, 0.717) is 0 Å². The van der Waals surface area contributed by atoms with Gasteiger partial charge in [-0.2, -0.15) is 0 Å². The van der Waals surface area contributed by atoms with Crippen molar-refractivity contribution in [2.75, 3.05) is 7.11 Å². The summed E-state index contributed by atoms with van der Waals surface area (Å²) in [6.07, 6.45) is 0. The van der Waals surface area contributed by atoms with Crippen LogP contribution in [0, 0.1) is 6.92 Å². The van der Waals surface area contributed by atoms with Gasteiger partial charge in [0, 0.05) is 11.6 Å². The summed E-state index contributed by atoms with van der Waals surface area (Å²) in [7, 11) is 1.67. The molecule has 0 aliphatic rings. The highest BCUT2D eigenvalue weighted by Crippen LogP contribution is 2.26. The molecular weight excluding hydrogens is 150 g/mol. The third-order valence-corrected chi connectivity index (χ3v) is 1.96. The molecule has 1 aromatic carbocycles. The number of rotatable bonds is 2. The van der Waals surface area contributed by atoms with Crippen LogP contribution in [0.15, 0.2) is 18.2 Å². The number of aryl methyl sites for hydroxylation is 1. The van der Waals surface area contributed by atoms with Gasteiger partial charge in [0.05, 0.1) is 7.11 Å². The van der Waals surface area contributed by atoms with E-state index in [0.717, 1.165) is 11.3 Å². The Morgan fingerprint density at radius 3 is 2.50 bits per heavy atom. The van der Waals surface area contributed by atoms with E-state index in [2.05, 4.69) is 0 Å². The number of ether oxygens (including phenoxy) is 1. The van der Waals surface area contributed by atoms with Crippen LogP contribution in [0.1, 0.15) is 24.1 Å². The summed E-state index contributed by atoms with van der Waals surface area (Å²) in [5.41, 5.74) is 8.09. The SMILES string of the molecule is COc1cccc(C)c1[C@@H](C)N. The topological polar surface area (TPSA) is 35.2 Å². The molecule has 0 amide bonds. The first-order valence-electron chi connectivity index (χ1n) is 4.06. The van der Waals surface area contributed by atoms with Crippen molar-refractivity contribution in [3.63, 3.8) is 0 Å². The molecule has 1 aromatic rings. The highest BCUT2D eigenvalue weighted by molar-refractivity contribution is 5.41. The second kappa shape index (κ2) is 3.59. The maximum atomic E-state index is 5.81. The Labute approximate surface area is 73.3 Å². The minimum Gasteiger partial charge on any atom is -0.496 e. The molecule has 2 nitrogen and oxygen atoms in total. The first-order chi connectivity index (χ1) is 5.66. The summed E-state index contributed by atoms with van der Waals surface area (Å²) >= 11 is 0. The van der Waals surface area contributed by atoms with Crippen molar-refractivity contribution < 1.29 is 4.74 Å². The summed E-state index contributed by atoms with van der Waals surface area (Å²) in [5.74, 6) is 0.880. The zero-order chi connectivity index (χ0) is 9.14. The Kier molecular flexibility index (Phi) is 2.71. The molecule has 0 aliphatic carbocycles. The molecule has 0 bridgehead atoms. The zero-order valence-electron chi connectivity index (χ0n) is 7.79. The standard InChI is InChI=1S/C10H15NO/c1-7-5-4-6-9(12-3)10(7)8(2)11/h4-6,8H,11H2,1-3H3/t8-/m1/s1. The lowest BCUT2D eigenvalue weighted by atomic mass is 10.0. The molecule has 0 fully saturated rings. The Balaban J connectivity index is 3.20. The number of hydrogen-bond donors (Lipinski definition) is 1. The molecule has 0 aliphatic heterocycles. The van der Waals surface area contributed by atoms with Gasteiger partial charge in [0.15, 0.2) is 0 Å². The fraction of sp³-hybridized carbons (Fsp3) is 0.400. The third kappa shape index (κ3) is 1.59. The lowest BCUT2D eigenvalue weighted by molar-refractivity contribution is 0.406. The highest BCUT2D eigenvalue weighted by atomic mass is 16.5. The van der Waals surface area contributed by atoms with E-state index in [1.54, 1.807) is 7.11 Å². The number of nitrogens with two attached hydrogens (primary N) is 1. The maximum absolute atomic E-state index is 5.81. The van der Waals surface area contributed by atoms with Gasteiger partial charge in [0.1, 0.15) is 5.75 Å². The first kappa shape index (κ1) is 9.07. The maximum Gasteiger partial charge on any atom is 0.123 e. The molecule has 0 spiro atoms. The van der Waals surface area contributed by atoms with Crippen LogP contribution in [0.4, 0.5) is 0 Å². The minimum absolute atomic E-state index is 0.0288. The van der Waals surface area contributed by atoms with E-state index >= 15 is 0 Å². The fourth-order valence-corrected chi connectivity index (χ4v) is 1.42. The predicted molar refractivity (Wildman–Crippen MR) is 50.3 cm³/mol. The number of benzene rings is 1. The molecule has 0 radical (unpaired) electrons. The van der Waals surface area contributed by atoms with Crippen LogP contribution in [-0.4, -0.2) is 7.11 Å². The van der Waals surface area contributed by atoms with Gasteiger partial charge in [-0.3, -0.25) is 0 Å². The fourth-order valence-electron chi connectivity index (χ4n) is 1.42. The number of hydrogen-bond acceptors (Lipinski definition) is 2. The van der Waals surface area contributed by atoms with Crippen LogP contribution in [0.5, 0.6) is 5.75 Å². The van der Waals surface area contributed by atoms with Crippen LogP contribution in [0.25, 0.3) is 0 Å². The van der Waals surface area contributed by atoms with E-state index in [9.17, 15) is 0 Å². The molecule has 0 heterocycles. The average molecular weight is 165 g/mol. The van der Waals surface area contributed by atoms with Gasteiger partial charge in [-0.15, -0.1) is 0 Å². The van der Waals surface area contributed by atoms with Crippen LogP contribution in [-0.2, 0) is 0 Å². The summed E-state index contributed by atoms with van der Waals surface area (Å²) in [5, 5.41) is 0. The van der Waals surface area contributed by atoms with Gasteiger partial charge in [-0.05, 0) is 25.5 Å². The molecule has 0 saturated carbocycles. The zero-order valence-corrected chi connectivity index (χ0v) is 7.79. The van der Waals surface area contributed by atoms with Crippen LogP contribution in [0.2, 0.25) is 0 Å². The van der Waals surface area contributed by atoms with Gasteiger partial charge in [0.2, 0.25) is 0 Å². The van der Waals surface area contributed by atoms with Crippen molar-refractivity contribution >= 4 is 0 Å². The Hall–Kier alpha value is -1.02. The van der Waals surface area contributed by atoms with Crippen molar-refractivity contribution in [3.8, 4) is 5.75 Å². The smallest absolute Gasteiger partial charge is 0.123 e. The lowest BCUT2D eigenvalue weighted by Crippen LogP contribution is -2.08. The summed E-state index contributed by atoms with van der Waals surface area (Å²) in [4.78, 5) is 0. The highest BCUT2D eigenvalue weighted by Gasteiger charge is 2.08. The van der Waals surface area contributed by atoms with Crippen molar-refractivity contribution in [2.45, 2.75) is 19.9 Å². The monoisotopic (exact) mass is 165 g/mol. The largest absolute Gasteiger partial charge is 0.496 e. The molecular formula is C10H15NO. The number of methoxy groups -OCH3 is 1. The molecule has 1 rings (SSSR count). The molecule has 2 N–H and O–H groups in total. The summed E-state index contributed by atoms with van der Waals surface area (Å²) < 4.78 is 5.21. The van der Waals surface area contributed by atoms with Crippen molar-refractivity contribution in [1.29, 1.82) is 0 Å². The normalized spacial score (nSPS) is 12.7. The van der Waals surface area contributed by atoms with E-state index < -0.39 is 0 Å². The van der Waals surface area contributed by atoms with Crippen LogP contribution < -0.4 is 10.5 Å². The van der Waals surface area contributed by atoms with E-state index in [4.69, 9.17) is 10.5 Å². The van der Waals surface area contributed by atoms with Gasteiger partial charge < -0.3 is 10.5 Å². The molecule has 12 heavy (non-hydrogen) atoms. The predicted octanol–water partition coefficient (Wildman–Crippen LogP) is 2.02. The summed E-state index contributed by atoms with van der Waals surface area (Å²) in [6, 6.07) is 5.98. The van der Waals surface area contributed by atoms with Gasteiger partial charge in [0.25, 0.3) is 0 Å². The second-order valence-corrected chi connectivity index (χ2v) is 2.98. The average Bonchev–Trinajstić information content (AvgIpc) is 2.03. The Bertz CT molecular complexity index is 269.